The lowest BCUT2D eigenvalue weighted by Gasteiger charge is -2.29. The van der Waals surface area contributed by atoms with E-state index in [2.05, 4.69) is 0 Å². The lowest BCUT2D eigenvalue weighted by molar-refractivity contribution is 0.0141. The molecule has 0 unspecified atom stereocenters. The second kappa shape index (κ2) is 4.73. The highest BCUT2D eigenvalue weighted by atomic mass is 16.5. The van der Waals surface area contributed by atoms with Crippen molar-refractivity contribution in [2.24, 2.45) is 5.92 Å². The topological polar surface area (TPSA) is 29.5 Å². The first-order chi connectivity index (χ1) is 5.38. The quantitative estimate of drug-likeness (QED) is 0.675. The molecule has 0 aromatic rings. The highest BCUT2D eigenvalue weighted by molar-refractivity contribution is 4.75. The third-order valence-electron chi connectivity index (χ3n) is 2.64. The van der Waals surface area contributed by atoms with Gasteiger partial charge in [0.2, 0.25) is 0 Å². The van der Waals surface area contributed by atoms with Crippen molar-refractivity contribution < 1.29 is 9.84 Å². The molecule has 66 valence electrons. The zero-order chi connectivity index (χ0) is 8.10. The minimum atomic E-state index is 0.310. The van der Waals surface area contributed by atoms with E-state index >= 15 is 0 Å². The van der Waals surface area contributed by atoms with Gasteiger partial charge in [0.15, 0.2) is 0 Å². The van der Waals surface area contributed by atoms with Crippen molar-refractivity contribution >= 4 is 0 Å². The molecule has 0 spiro atoms. The Morgan fingerprint density at radius 1 is 1.36 bits per heavy atom. The number of hydrogen-bond acceptors (Lipinski definition) is 2. The highest BCUT2D eigenvalue weighted by Crippen LogP contribution is 2.28. The maximum atomic E-state index is 8.78. The predicted octanol–water partition coefficient (Wildman–Crippen LogP) is 1.57. The van der Waals surface area contributed by atoms with Crippen LogP contribution in [-0.2, 0) is 4.74 Å². The fourth-order valence-corrected chi connectivity index (χ4v) is 1.98. The molecule has 0 bridgehead atoms. The molecular weight excluding hydrogens is 140 g/mol. The van der Waals surface area contributed by atoms with Gasteiger partial charge in [0.05, 0.1) is 6.10 Å². The number of aliphatic hydroxyl groups is 1. The molecule has 1 rings (SSSR count). The van der Waals surface area contributed by atoms with E-state index in [0.29, 0.717) is 18.6 Å². The van der Waals surface area contributed by atoms with Crippen LogP contribution in [0.2, 0.25) is 0 Å². The normalized spacial score (nSPS) is 32.2. The molecule has 1 aliphatic carbocycles. The van der Waals surface area contributed by atoms with E-state index in [1.165, 1.54) is 25.7 Å². The van der Waals surface area contributed by atoms with Gasteiger partial charge in [-0.3, -0.25) is 0 Å². The fourth-order valence-electron chi connectivity index (χ4n) is 1.98. The largest absolute Gasteiger partial charge is 0.396 e. The summed E-state index contributed by atoms with van der Waals surface area (Å²) in [5.74, 6) is 0.610. The Bertz CT molecular complexity index is 102. The van der Waals surface area contributed by atoms with Crippen LogP contribution in [0.3, 0.4) is 0 Å². The van der Waals surface area contributed by atoms with Crippen molar-refractivity contribution in [1.29, 1.82) is 0 Å². The summed E-state index contributed by atoms with van der Waals surface area (Å²) in [4.78, 5) is 0. The summed E-state index contributed by atoms with van der Waals surface area (Å²) >= 11 is 0. The SMILES string of the molecule is CO[C@H]1CCCC[C@H]1CCO. The molecule has 1 saturated carbocycles. The van der Waals surface area contributed by atoms with E-state index in [-0.39, 0.29) is 0 Å². The Labute approximate surface area is 68.6 Å². The highest BCUT2D eigenvalue weighted by Gasteiger charge is 2.23. The van der Waals surface area contributed by atoms with Gasteiger partial charge in [-0.2, -0.15) is 0 Å². The van der Waals surface area contributed by atoms with Crippen molar-refractivity contribution in [1.82, 2.24) is 0 Å². The molecule has 0 heterocycles. The lowest BCUT2D eigenvalue weighted by Crippen LogP contribution is -2.27. The van der Waals surface area contributed by atoms with Crippen LogP contribution in [0.5, 0.6) is 0 Å². The van der Waals surface area contributed by atoms with Gasteiger partial charge in [0.1, 0.15) is 0 Å². The molecule has 0 aliphatic heterocycles. The number of hydrogen-bond donors (Lipinski definition) is 1. The van der Waals surface area contributed by atoms with Gasteiger partial charge in [-0.05, 0) is 25.2 Å². The fraction of sp³-hybridized carbons (Fsp3) is 1.00. The molecule has 2 heteroatoms. The van der Waals surface area contributed by atoms with E-state index in [0.717, 1.165) is 6.42 Å². The van der Waals surface area contributed by atoms with Crippen molar-refractivity contribution in [3.05, 3.63) is 0 Å². The molecule has 0 amide bonds. The zero-order valence-electron chi connectivity index (χ0n) is 7.25. The number of rotatable bonds is 3. The van der Waals surface area contributed by atoms with Gasteiger partial charge in [0.25, 0.3) is 0 Å². The second-order valence-electron chi connectivity index (χ2n) is 3.33. The molecule has 0 saturated heterocycles. The van der Waals surface area contributed by atoms with E-state index in [9.17, 15) is 0 Å². The standard InChI is InChI=1S/C9H18O2/c1-11-9-5-3-2-4-8(9)6-7-10/h8-10H,2-7H2,1H3/t8-,9-/m0/s1. The van der Waals surface area contributed by atoms with Crippen LogP contribution in [0.4, 0.5) is 0 Å². The van der Waals surface area contributed by atoms with E-state index in [4.69, 9.17) is 9.84 Å². The molecule has 1 N–H and O–H groups in total. The minimum absolute atomic E-state index is 0.310. The monoisotopic (exact) mass is 158 g/mol. The minimum Gasteiger partial charge on any atom is -0.396 e. The number of methoxy groups -OCH3 is 1. The molecule has 1 fully saturated rings. The molecule has 2 nitrogen and oxygen atoms in total. The van der Waals surface area contributed by atoms with Gasteiger partial charge in [-0.1, -0.05) is 12.8 Å². The lowest BCUT2D eigenvalue weighted by atomic mass is 9.84. The third kappa shape index (κ3) is 2.46. The Kier molecular flexibility index (Phi) is 3.87. The first-order valence-corrected chi connectivity index (χ1v) is 4.52. The van der Waals surface area contributed by atoms with Crippen LogP contribution >= 0.6 is 0 Å². The van der Waals surface area contributed by atoms with Crippen LogP contribution in [0.1, 0.15) is 32.1 Å². The molecule has 2 atom stereocenters. The van der Waals surface area contributed by atoms with Gasteiger partial charge >= 0.3 is 0 Å². The van der Waals surface area contributed by atoms with Crippen LogP contribution in [0.25, 0.3) is 0 Å². The van der Waals surface area contributed by atoms with E-state index < -0.39 is 0 Å². The van der Waals surface area contributed by atoms with Crippen LogP contribution in [0.15, 0.2) is 0 Å². The summed E-state index contributed by atoms with van der Waals surface area (Å²) < 4.78 is 5.35. The van der Waals surface area contributed by atoms with E-state index in [1.807, 2.05) is 0 Å². The Balaban J connectivity index is 2.31. The van der Waals surface area contributed by atoms with Gasteiger partial charge < -0.3 is 9.84 Å². The average Bonchev–Trinajstić information content (AvgIpc) is 2.06. The number of aliphatic hydroxyl groups excluding tert-OH is 1. The summed E-state index contributed by atoms with van der Waals surface area (Å²) in [7, 11) is 1.78. The smallest absolute Gasteiger partial charge is 0.0600 e. The molecule has 0 aromatic carbocycles. The van der Waals surface area contributed by atoms with Crippen molar-refractivity contribution in [2.75, 3.05) is 13.7 Å². The number of ether oxygens (including phenoxy) is 1. The summed E-state index contributed by atoms with van der Waals surface area (Å²) in [6.45, 7) is 0.310. The summed E-state index contributed by atoms with van der Waals surface area (Å²) in [5, 5.41) is 8.78. The van der Waals surface area contributed by atoms with E-state index in [1.54, 1.807) is 7.11 Å². The molecule has 11 heavy (non-hydrogen) atoms. The first kappa shape index (κ1) is 9.01. The van der Waals surface area contributed by atoms with Crippen LogP contribution < -0.4 is 0 Å². The van der Waals surface area contributed by atoms with Crippen LogP contribution in [-0.4, -0.2) is 24.9 Å². The molecule has 1 aliphatic rings. The predicted molar refractivity (Wildman–Crippen MR) is 44.5 cm³/mol. The van der Waals surface area contributed by atoms with Crippen molar-refractivity contribution in [2.45, 2.75) is 38.2 Å². The molecule has 0 radical (unpaired) electrons. The third-order valence-corrected chi connectivity index (χ3v) is 2.64. The molecule has 0 aromatic heterocycles. The van der Waals surface area contributed by atoms with Crippen molar-refractivity contribution in [3.8, 4) is 0 Å². The Morgan fingerprint density at radius 2 is 2.09 bits per heavy atom. The van der Waals surface area contributed by atoms with Crippen molar-refractivity contribution in [3.63, 3.8) is 0 Å². The zero-order valence-corrected chi connectivity index (χ0v) is 7.25. The van der Waals surface area contributed by atoms with Gasteiger partial charge in [0, 0.05) is 13.7 Å². The van der Waals surface area contributed by atoms with Gasteiger partial charge in [-0.15, -0.1) is 0 Å². The second-order valence-corrected chi connectivity index (χ2v) is 3.33. The summed E-state index contributed by atoms with van der Waals surface area (Å²) in [5.41, 5.74) is 0. The Morgan fingerprint density at radius 3 is 2.73 bits per heavy atom. The Hall–Kier alpha value is -0.0800. The average molecular weight is 158 g/mol. The first-order valence-electron chi connectivity index (χ1n) is 4.52. The van der Waals surface area contributed by atoms with Gasteiger partial charge in [-0.25, -0.2) is 0 Å². The molecular formula is C9H18O2. The van der Waals surface area contributed by atoms with Crippen LogP contribution in [0, 0.1) is 5.92 Å². The summed E-state index contributed by atoms with van der Waals surface area (Å²) in [6, 6.07) is 0. The maximum absolute atomic E-state index is 8.78. The summed E-state index contributed by atoms with van der Waals surface area (Å²) in [6.07, 6.45) is 6.35. The maximum Gasteiger partial charge on any atom is 0.0600 e.